The van der Waals surface area contributed by atoms with Crippen LogP contribution < -0.4 is 5.32 Å². The summed E-state index contributed by atoms with van der Waals surface area (Å²) in [4.78, 5) is 18.7. The standard InChI is InChI=1S/C25H34N2O4/c1-6-27-15-17(11-12-25(4,5)24(30)26-18-9-7-8-10-18)23(31-27)20-13-19(16(2)3)21(28)14-22(20)29/h13-14,16,18,28-29H,6-10,15H2,1-5H3,(H,26,30). The molecule has 0 bridgehead atoms. The van der Waals surface area contributed by atoms with E-state index in [-0.39, 0.29) is 29.4 Å². The molecule has 3 rings (SSSR count). The second-order valence-corrected chi connectivity index (χ2v) is 9.27. The van der Waals surface area contributed by atoms with Gasteiger partial charge in [-0.1, -0.05) is 38.5 Å². The molecule has 0 spiro atoms. The summed E-state index contributed by atoms with van der Waals surface area (Å²) in [6.45, 7) is 10.7. The highest BCUT2D eigenvalue weighted by atomic mass is 16.7. The van der Waals surface area contributed by atoms with Crippen molar-refractivity contribution >= 4 is 11.7 Å². The van der Waals surface area contributed by atoms with E-state index in [9.17, 15) is 15.0 Å². The first-order chi connectivity index (χ1) is 14.6. The van der Waals surface area contributed by atoms with E-state index >= 15 is 0 Å². The third-order valence-electron chi connectivity index (χ3n) is 5.98. The molecule has 1 aliphatic carbocycles. The molecule has 2 aliphatic rings. The Balaban J connectivity index is 1.93. The maximum atomic E-state index is 12.8. The van der Waals surface area contributed by atoms with Crippen molar-refractivity contribution in [2.24, 2.45) is 5.41 Å². The fourth-order valence-electron chi connectivity index (χ4n) is 3.91. The van der Waals surface area contributed by atoms with E-state index in [0.29, 0.717) is 30.0 Å². The van der Waals surface area contributed by atoms with Gasteiger partial charge in [0.05, 0.1) is 17.7 Å². The number of rotatable bonds is 5. The maximum Gasteiger partial charge on any atom is 0.237 e. The molecule has 1 aromatic rings. The zero-order chi connectivity index (χ0) is 22.8. The number of amides is 1. The number of nitrogens with zero attached hydrogens (tertiary/aromatic N) is 1. The van der Waals surface area contributed by atoms with Gasteiger partial charge in [-0.3, -0.25) is 4.79 Å². The van der Waals surface area contributed by atoms with Crippen LogP contribution in [0.5, 0.6) is 11.5 Å². The topological polar surface area (TPSA) is 82.0 Å². The first kappa shape index (κ1) is 23.0. The Morgan fingerprint density at radius 3 is 2.55 bits per heavy atom. The van der Waals surface area contributed by atoms with E-state index in [1.165, 1.54) is 6.07 Å². The number of hydrogen-bond acceptors (Lipinski definition) is 5. The predicted molar refractivity (Wildman–Crippen MR) is 121 cm³/mol. The fraction of sp³-hybridized carbons (Fsp3) is 0.560. The average molecular weight is 427 g/mol. The quantitative estimate of drug-likeness (QED) is 0.612. The third kappa shape index (κ3) is 5.16. The molecule has 31 heavy (non-hydrogen) atoms. The van der Waals surface area contributed by atoms with E-state index in [2.05, 4.69) is 17.2 Å². The van der Waals surface area contributed by atoms with Crippen LogP contribution in [-0.4, -0.2) is 40.3 Å². The van der Waals surface area contributed by atoms with Crippen LogP contribution in [0.25, 0.3) is 5.76 Å². The van der Waals surface area contributed by atoms with Crippen molar-refractivity contribution in [1.29, 1.82) is 0 Å². The van der Waals surface area contributed by atoms with Gasteiger partial charge in [0.2, 0.25) is 5.91 Å². The minimum atomic E-state index is -0.847. The first-order valence-electron chi connectivity index (χ1n) is 11.2. The lowest BCUT2D eigenvalue weighted by Crippen LogP contribution is -2.41. The molecule has 1 fully saturated rings. The van der Waals surface area contributed by atoms with E-state index in [4.69, 9.17) is 4.84 Å². The Labute approximate surface area is 185 Å². The number of likely N-dealkylation sites (N-methyl/N-ethyl adjacent to an activating group) is 1. The Hall–Kier alpha value is -2.65. The molecule has 6 nitrogen and oxygen atoms in total. The Morgan fingerprint density at radius 2 is 1.94 bits per heavy atom. The molecular formula is C25H34N2O4. The summed E-state index contributed by atoms with van der Waals surface area (Å²) in [7, 11) is 0. The molecule has 1 aliphatic heterocycles. The third-order valence-corrected chi connectivity index (χ3v) is 5.98. The van der Waals surface area contributed by atoms with Crippen LogP contribution in [-0.2, 0) is 9.63 Å². The maximum absolute atomic E-state index is 12.8. The van der Waals surface area contributed by atoms with Gasteiger partial charge in [0, 0.05) is 18.7 Å². The lowest BCUT2D eigenvalue weighted by atomic mass is 9.91. The van der Waals surface area contributed by atoms with Gasteiger partial charge >= 0.3 is 0 Å². The van der Waals surface area contributed by atoms with Gasteiger partial charge in [-0.2, -0.15) is 0 Å². The normalized spacial score (nSPS) is 17.6. The highest BCUT2D eigenvalue weighted by molar-refractivity contribution is 5.86. The Kier molecular flexibility index (Phi) is 6.86. The summed E-state index contributed by atoms with van der Waals surface area (Å²) in [5.74, 6) is 6.77. The minimum absolute atomic E-state index is 0.0551. The molecule has 0 aromatic heterocycles. The summed E-state index contributed by atoms with van der Waals surface area (Å²) < 4.78 is 0. The number of carbonyl (C=O) groups excluding carboxylic acids is 1. The van der Waals surface area contributed by atoms with Crippen LogP contribution in [0.1, 0.15) is 77.3 Å². The van der Waals surface area contributed by atoms with Crippen LogP contribution >= 0.6 is 0 Å². The van der Waals surface area contributed by atoms with Crippen LogP contribution in [0.4, 0.5) is 0 Å². The molecule has 1 amide bonds. The van der Waals surface area contributed by atoms with Crippen molar-refractivity contribution in [1.82, 2.24) is 10.4 Å². The smallest absolute Gasteiger partial charge is 0.237 e. The molecule has 3 N–H and O–H groups in total. The number of hydrogen-bond donors (Lipinski definition) is 3. The predicted octanol–water partition coefficient (Wildman–Crippen LogP) is 4.29. The molecule has 1 aromatic carbocycles. The van der Waals surface area contributed by atoms with Gasteiger partial charge in [0.1, 0.15) is 16.9 Å². The highest BCUT2D eigenvalue weighted by Crippen LogP contribution is 2.39. The number of aromatic hydroxyl groups is 2. The monoisotopic (exact) mass is 426 g/mol. The Morgan fingerprint density at radius 1 is 1.26 bits per heavy atom. The molecular weight excluding hydrogens is 392 g/mol. The van der Waals surface area contributed by atoms with E-state index < -0.39 is 5.41 Å². The summed E-state index contributed by atoms with van der Waals surface area (Å²) in [6.07, 6.45) is 4.38. The molecule has 1 saturated carbocycles. The van der Waals surface area contributed by atoms with Gasteiger partial charge in [0.15, 0.2) is 5.76 Å². The first-order valence-corrected chi connectivity index (χ1v) is 11.2. The summed E-state index contributed by atoms with van der Waals surface area (Å²) >= 11 is 0. The lowest BCUT2D eigenvalue weighted by molar-refractivity contribution is -0.127. The van der Waals surface area contributed by atoms with Crippen LogP contribution in [0, 0.1) is 17.3 Å². The molecule has 168 valence electrons. The second kappa shape index (κ2) is 9.23. The molecule has 1 heterocycles. The van der Waals surface area contributed by atoms with Crippen molar-refractivity contribution in [2.45, 2.75) is 72.3 Å². The van der Waals surface area contributed by atoms with Crippen molar-refractivity contribution in [2.75, 3.05) is 13.1 Å². The summed E-state index contributed by atoms with van der Waals surface area (Å²) in [6, 6.07) is 3.35. The summed E-state index contributed by atoms with van der Waals surface area (Å²) in [5, 5.41) is 25.6. The second-order valence-electron chi connectivity index (χ2n) is 9.27. The van der Waals surface area contributed by atoms with Gasteiger partial charge in [-0.05, 0) is 51.2 Å². The van der Waals surface area contributed by atoms with Gasteiger partial charge in [-0.25, -0.2) is 0 Å². The van der Waals surface area contributed by atoms with Crippen molar-refractivity contribution < 1.29 is 19.8 Å². The lowest BCUT2D eigenvalue weighted by Gasteiger charge is -2.20. The van der Waals surface area contributed by atoms with Crippen LogP contribution in [0.15, 0.2) is 17.7 Å². The molecule has 6 heteroatoms. The van der Waals surface area contributed by atoms with E-state index in [1.807, 2.05) is 34.6 Å². The minimum Gasteiger partial charge on any atom is -0.508 e. The fourth-order valence-corrected chi connectivity index (χ4v) is 3.91. The number of hydroxylamine groups is 2. The van der Waals surface area contributed by atoms with Crippen LogP contribution in [0.2, 0.25) is 0 Å². The van der Waals surface area contributed by atoms with Gasteiger partial charge in [-0.15, -0.1) is 5.06 Å². The molecule has 0 saturated heterocycles. The molecule has 0 unspecified atom stereocenters. The number of nitrogens with one attached hydrogen (secondary N) is 1. The highest BCUT2D eigenvalue weighted by Gasteiger charge is 2.30. The zero-order valence-electron chi connectivity index (χ0n) is 19.2. The van der Waals surface area contributed by atoms with Crippen molar-refractivity contribution in [3.05, 3.63) is 28.8 Å². The zero-order valence-corrected chi connectivity index (χ0v) is 19.2. The molecule has 0 atom stereocenters. The Bertz CT molecular complexity index is 931. The van der Waals surface area contributed by atoms with E-state index in [0.717, 1.165) is 31.2 Å². The number of benzene rings is 1. The number of phenolic OH excluding ortho intramolecular Hbond substituents is 2. The largest absolute Gasteiger partial charge is 0.508 e. The number of carbonyl (C=O) groups is 1. The summed E-state index contributed by atoms with van der Waals surface area (Å²) in [5.41, 5.74) is 1.08. The molecule has 0 radical (unpaired) electrons. The number of phenols is 2. The SMILES string of the molecule is CCN1CC(C#CC(C)(C)C(=O)NC2CCCC2)=C(c2cc(C(C)C)c(O)cc2O)O1. The van der Waals surface area contributed by atoms with Crippen LogP contribution in [0.3, 0.4) is 0 Å². The van der Waals surface area contributed by atoms with E-state index in [1.54, 1.807) is 11.1 Å². The van der Waals surface area contributed by atoms with Crippen molar-refractivity contribution in [3.63, 3.8) is 0 Å². The van der Waals surface area contributed by atoms with Gasteiger partial charge in [0.25, 0.3) is 0 Å². The van der Waals surface area contributed by atoms with Crippen molar-refractivity contribution in [3.8, 4) is 23.3 Å². The average Bonchev–Trinajstić information content (AvgIpc) is 3.35. The van der Waals surface area contributed by atoms with Gasteiger partial charge < -0.3 is 20.4 Å².